The number of Topliss-reactive ketones (excluding diaryl/α,β-unsaturated/α-hetero) is 1. The molecule has 3 rings (SSSR count). The molecule has 3 aromatic rings. The zero-order valence-corrected chi connectivity index (χ0v) is 17.3. The van der Waals surface area contributed by atoms with Gasteiger partial charge in [-0.2, -0.15) is 0 Å². The van der Waals surface area contributed by atoms with Gasteiger partial charge in [0.05, 0.1) is 11.4 Å². The Morgan fingerprint density at radius 3 is 2.72 bits per heavy atom. The minimum Gasteiger partial charge on any atom is -0.325 e. The van der Waals surface area contributed by atoms with Crippen LogP contribution < -0.4 is 5.32 Å². The topological polar surface area (TPSA) is 76.9 Å². The van der Waals surface area contributed by atoms with Gasteiger partial charge in [0.1, 0.15) is 0 Å². The highest BCUT2D eigenvalue weighted by Gasteiger charge is 2.16. The maximum atomic E-state index is 12.4. The number of carbonyl (C=O) groups excluding carboxylic acids is 2. The van der Waals surface area contributed by atoms with Crippen molar-refractivity contribution in [3.63, 3.8) is 0 Å². The van der Waals surface area contributed by atoms with Crippen molar-refractivity contribution in [1.29, 1.82) is 0 Å². The van der Waals surface area contributed by atoms with E-state index >= 15 is 0 Å². The van der Waals surface area contributed by atoms with Gasteiger partial charge in [0.15, 0.2) is 16.8 Å². The quantitative estimate of drug-likeness (QED) is 0.320. The average Bonchev–Trinajstić information content (AvgIpc) is 3.09. The lowest BCUT2D eigenvalue weighted by molar-refractivity contribution is -0.113. The smallest absolute Gasteiger partial charge is 0.234 e. The highest BCUT2D eigenvalue weighted by Crippen LogP contribution is 2.26. The van der Waals surface area contributed by atoms with Crippen LogP contribution in [-0.4, -0.2) is 32.2 Å². The summed E-state index contributed by atoms with van der Waals surface area (Å²) in [4.78, 5) is 24.1. The summed E-state index contributed by atoms with van der Waals surface area (Å²) in [5.41, 5.74) is 1.81. The summed E-state index contributed by atoms with van der Waals surface area (Å²) >= 11 is 7.35. The van der Waals surface area contributed by atoms with E-state index in [4.69, 9.17) is 11.6 Å². The molecule has 1 aromatic heterocycles. The van der Waals surface area contributed by atoms with Crippen molar-refractivity contribution in [3.8, 4) is 11.4 Å². The Balaban J connectivity index is 1.75. The number of para-hydroxylation sites is 1. The third-order valence-corrected chi connectivity index (χ3v) is 5.23. The molecular weight excluding hydrogens is 408 g/mol. The van der Waals surface area contributed by atoms with Crippen molar-refractivity contribution in [3.05, 3.63) is 71.8 Å². The van der Waals surface area contributed by atoms with Crippen LogP contribution in [0.3, 0.4) is 0 Å². The van der Waals surface area contributed by atoms with Crippen LogP contribution in [0, 0.1) is 0 Å². The molecular formula is C21H19ClN4O2S. The molecule has 0 unspecified atom stereocenters. The van der Waals surface area contributed by atoms with Gasteiger partial charge in [-0.15, -0.1) is 16.8 Å². The zero-order chi connectivity index (χ0) is 20.8. The minimum absolute atomic E-state index is 0.106. The average molecular weight is 427 g/mol. The maximum Gasteiger partial charge on any atom is 0.234 e. The van der Waals surface area contributed by atoms with E-state index in [1.807, 2.05) is 22.8 Å². The van der Waals surface area contributed by atoms with Crippen molar-refractivity contribution in [1.82, 2.24) is 14.8 Å². The summed E-state index contributed by atoms with van der Waals surface area (Å²) < 4.78 is 1.88. The van der Waals surface area contributed by atoms with Crippen LogP contribution in [-0.2, 0) is 11.3 Å². The summed E-state index contributed by atoms with van der Waals surface area (Å²) in [6.07, 6.45) is 1.74. The van der Waals surface area contributed by atoms with E-state index in [-0.39, 0.29) is 17.4 Å². The first-order valence-corrected chi connectivity index (χ1v) is 10.2. The number of thioether (sulfide) groups is 1. The summed E-state index contributed by atoms with van der Waals surface area (Å²) in [6.45, 7) is 5.74. The van der Waals surface area contributed by atoms with Crippen LogP contribution in [0.15, 0.2) is 66.3 Å². The molecule has 0 saturated heterocycles. The number of hydrogen-bond donors (Lipinski definition) is 1. The van der Waals surface area contributed by atoms with Gasteiger partial charge >= 0.3 is 0 Å². The molecule has 0 fully saturated rings. The summed E-state index contributed by atoms with van der Waals surface area (Å²) in [5.74, 6) is 0.431. The van der Waals surface area contributed by atoms with Crippen molar-refractivity contribution in [2.75, 3.05) is 11.1 Å². The monoisotopic (exact) mass is 426 g/mol. The Hall–Kier alpha value is -2.90. The fourth-order valence-corrected chi connectivity index (χ4v) is 3.68. The molecule has 29 heavy (non-hydrogen) atoms. The van der Waals surface area contributed by atoms with Crippen LogP contribution in [0.25, 0.3) is 11.4 Å². The summed E-state index contributed by atoms with van der Waals surface area (Å²) in [7, 11) is 0. The molecule has 0 aliphatic carbocycles. The Morgan fingerprint density at radius 1 is 1.21 bits per heavy atom. The van der Waals surface area contributed by atoms with Crippen LogP contribution in [0.2, 0.25) is 5.02 Å². The molecule has 148 valence electrons. The van der Waals surface area contributed by atoms with Gasteiger partial charge in [0.25, 0.3) is 0 Å². The predicted molar refractivity (Wildman–Crippen MR) is 116 cm³/mol. The molecule has 2 aromatic carbocycles. The van der Waals surface area contributed by atoms with Gasteiger partial charge in [0, 0.05) is 22.7 Å². The van der Waals surface area contributed by atoms with Gasteiger partial charge in [0.2, 0.25) is 5.91 Å². The standard InChI is InChI=1S/C21H19ClN4O2S/c1-3-11-26-20(15-7-6-8-16(22)12-15)24-25-21(26)29-13-19(28)23-18-10-5-4-9-17(18)14(2)27/h3-10,12H,1,11,13H2,2H3,(H,23,28). The van der Waals surface area contributed by atoms with E-state index in [2.05, 4.69) is 22.1 Å². The van der Waals surface area contributed by atoms with Gasteiger partial charge in [-0.3, -0.25) is 14.2 Å². The number of ketones is 1. The first-order chi connectivity index (χ1) is 14.0. The molecule has 1 heterocycles. The highest BCUT2D eigenvalue weighted by molar-refractivity contribution is 7.99. The molecule has 1 N–H and O–H groups in total. The third kappa shape index (κ3) is 5.13. The third-order valence-electron chi connectivity index (χ3n) is 4.02. The molecule has 0 aliphatic heterocycles. The Bertz CT molecular complexity index is 1060. The molecule has 0 radical (unpaired) electrons. The lowest BCUT2D eigenvalue weighted by Gasteiger charge is -2.10. The van der Waals surface area contributed by atoms with Crippen LogP contribution in [0.5, 0.6) is 0 Å². The molecule has 0 aliphatic rings. The second-order valence-corrected chi connectivity index (χ2v) is 7.53. The number of aromatic nitrogens is 3. The van der Waals surface area contributed by atoms with Gasteiger partial charge < -0.3 is 5.32 Å². The number of halogens is 1. The van der Waals surface area contributed by atoms with Crippen LogP contribution in [0.4, 0.5) is 5.69 Å². The van der Waals surface area contributed by atoms with Crippen molar-refractivity contribution in [2.24, 2.45) is 0 Å². The zero-order valence-electron chi connectivity index (χ0n) is 15.8. The lowest BCUT2D eigenvalue weighted by atomic mass is 10.1. The number of anilines is 1. The SMILES string of the molecule is C=CCn1c(SCC(=O)Nc2ccccc2C(C)=O)nnc1-c1cccc(Cl)c1. The van der Waals surface area contributed by atoms with Gasteiger partial charge in [-0.1, -0.05) is 53.7 Å². The fraction of sp³-hybridized carbons (Fsp3) is 0.143. The lowest BCUT2D eigenvalue weighted by Crippen LogP contribution is -2.16. The van der Waals surface area contributed by atoms with Crippen molar-refractivity contribution < 1.29 is 9.59 Å². The fourth-order valence-electron chi connectivity index (χ4n) is 2.75. The normalized spacial score (nSPS) is 10.6. The number of nitrogens with zero attached hydrogens (tertiary/aromatic N) is 3. The van der Waals surface area contributed by atoms with E-state index in [0.717, 1.165) is 5.56 Å². The number of amides is 1. The molecule has 0 saturated carbocycles. The number of nitrogens with one attached hydrogen (secondary N) is 1. The van der Waals surface area contributed by atoms with Crippen LogP contribution >= 0.6 is 23.4 Å². The van der Waals surface area contributed by atoms with E-state index in [1.54, 1.807) is 36.4 Å². The Kier molecular flexibility index (Phi) is 6.85. The number of rotatable bonds is 8. The second kappa shape index (κ2) is 9.54. The molecule has 0 spiro atoms. The predicted octanol–water partition coefficient (Wildman–Crippen LogP) is 4.72. The van der Waals surface area contributed by atoms with E-state index in [9.17, 15) is 9.59 Å². The number of allylic oxidation sites excluding steroid dienone is 1. The van der Waals surface area contributed by atoms with Crippen molar-refractivity contribution >= 4 is 40.7 Å². The molecule has 8 heteroatoms. The minimum atomic E-state index is -0.235. The van der Waals surface area contributed by atoms with E-state index < -0.39 is 0 Å². The van der Waals surface area contributed by atoms with Gasteiger partial charge in [-0.25, -0.2) is 0 Å². The largest absolute Gasteiger partial charge is 0.325 e. The first kappa shape index (κ1) is 20.8. The second-order valence-electron chi connectivity index (χ2n) is 6.15. The van der Waals surface area contributed by atoms with E-state index in [1.165, 1.54) is 18.7 Å². The van der Waals surface area contributed by atoms with E-state index in [0.29, 0.717) is 33.8 Å². The number of hydrogen-bond acceptors (Lipinski definition) is 5. The number of benzene rings is 2. The maximum absolute atomic E-state index is 12.4. The Morgan fingerprint density at radius 2 is 2.00 bits per heavy atom. The number of carbonyl (C=O) groups is 2. The Labute approximate surface area is 178 Å². The molecule has 6 nitrogen and oxygen atoms in total. The summed E-state index contributed by atoms with van der Waals surface area (Å²) in [5, 5.41) is 12.5. The highest BCUT2D eigenvalue weighted by atomic mass is 35.5. The van der Waals surface area contributed by atoms with Crippen LogP contribution in [0.1, 0.15) is 17.3 Å². The van der Waals surface area contributed by atoms with Gasteiger partial charge in [-0.05, 0) is 31.2 Å². The summed E-state index contributed by atoms with van der Waals surface area (Å²) in [6, 6.07) is 14.3. The molecule has 0 bridgehead atoms. The first-order valence-electron chi connectivity index (χ1n) is 8.82. The van der Waals surface area contributed by atoms with Crippen molar-refractivity contribution in [2.45, 2.75) is 18.6 Å². The molecule has 1 amide bonds. The molecule has 0 atom stereocenters.